The van der Waals surface area contributed by atoms with Gasteiger partial charge < -0.3 is 27.7 Å². The van der Waals surface area contributed by atoms with Crippen LogP contribution in [0, 0.1) is 0 Å². The van der Waals surface area contributed by atoms with E-state index in [1.54, 1.807) is 0 Å². The summed E-state index contributed by atoms with van der Waals surface area (Å²) in [6.45, 7) is -0.249. The molecule has 0 unspecified atom stereocenters. The zero-order valence-corrected chi connectivity index (χ0v) is 41.6. The van der Waals surface area contributed by atoms with Gasteiger partial charge in [0.15, 0.2) is 7.28 Å². The van der Waals surface area contributed by atoms with Crippen molar-refractivity contribution in [2.75, 3.05) is 16.8 Å². The van der Waals surface area contributed by atoms with Gasteiger partial charge >= 0.3 is 6.85 Å². The van der Waals surface area contributed by atoms with Crippen LogP contribution >= 0.6 is 0 Å². The molecule has 6 heterocycles. The number of hydrogen-bond donors (Lipinski definition) is 0. The third-order valence-corrected chi connectivity index (χ3v) is 16.8. The first-order chi connectivity index (χ1) is 37.6. The van der Waals surface area contributed by atoms with Crippen molar-refractivity contribution in [3.05, 3.63) is 224 Å². The third kappa shape index (κ3) is 5.57. The van der Waals surface area contributed by atoms with Gasteiger partial charge in [-0.15, -0.1) is 0 Å². The Morgan fingerprint density at radius 3 is 1.76 bits per heavy atom. The molecule has 0 aliphatic carbocycles. The number of anilines is 5. The second kappa shape index (κ2) is 15.4. The molecule has 15 aromatic rings. The second-order valence-corrected chi connectivity index (χ2v) is 20.6. The van der Waals surface area contributed by atoms with Crippen molar-refractivity contribution < 1.29 is 8.83 Å². The van der Waals surface area contributed by atoms with Gasteiger partial charge in [-0.05, 0) is 88.8 Å². The zero-order chi connectivity index (χ0) is 49.9. The molecule has 0 saturated carbocycles. The maximum absolute atomic E-state index is 6.92. The van der Waals surface area contributed by atoms with Crippen molar-refractivity contribution in [3.8, 4) is 22.3 Å². The normalized spacial score (nSPS) is 12.9. The Morgan fingerprint density at radius 2 is 1.03 bits per heavy atom. The first-order valence-corrected chi connectivity index (χ1v) is 26.1. The van der Waals surface area contributed by atoms with E-state index in [2.05, 4.69) is 265 Å². The van der Waals surface area contributed by atoms with Crippen molar-refractivity contribution in [1.29, 1.82) is 0 Å². The van der Waals surface area contributed by atoms with E-state index in [0.717, 1.165) is 94.4 Å². The molecule has 4 aromatic heterocycles. The average molecular weight is 970 g/mol. The fourth-order valence-electron chi connectivity index (χ4n) is 13.6. The van der Waals surface area contributed by atoms with Crippen LogP contribution < -0.4 is 31.7 Å². The van der Waals surface area contributed by atoms with Crippen molar-refractivity contribution >= 4 is 152 Å². The summed E-state index contributed by atoms with van der Waals surface area (Å²) in [5.74, 6) is 0. The van der Waals surface area contributed by atoms with Gasteiger partial charge in [0.05, 0.1) is 27.7 Å². The Labute approximate surface area is 438 Å². The molecule has 11 aromatic carbocycles. The number of hydrogen-bond acceptors (Lipinski definition) is 4. The first kappa shape index (κ1) is 41.8. The van der Waals surface area contributed by atoms with Gasteiger partial charge in [0, 0.05) is 91.2 Å². The highest BCUT2D eigenvalue weighted by Crippen LogP contribution is 2.49. The summed E-state index contributed by atoms with van der Waals surface area (Å²) in [6.07, 6.45) is 0. The van der Waals surface area contributed by atoms with Crippen molar-refractivity contribution in [2.45, 2.75) is 0 Å². The molecule has 2 aliphatic heterocycles. The molecule has 2 aliphatic rings. The molecule has 0 spiro atoms. The van der Waals surface area contributed by atoms with Crippen LogP contribution in [0.1, 0.15) is 0 Å². The third-order valence-electron chi connectivity index (χ3n) is 16.8. The number of nitrogens with zero attached hydrogens (tertiary/aromatic N) is 4. The Balaban J connectivity index is 0.988. The molecular weight excluding hydrogens is 926 g/mol. The van der Waals surface area contributed by atoms with Gasteiger partial charge in [0.1, 0.15) is 22.3 Å². The molecule has 353 valence electrons. The van der Waals surface area contributed by atoms with Crippen LogP contribution in [0.2, 0.25) is 0 Å². The van der Waals surface area contributed by atoms with Crippen molar-refractivity contribution in [3.63, 3.8) is 0 Å². The summed E-state index contributed by atoms with van der Waals surface area (Å²) in [5, 5.41) is 9.33. The average Bonchev–Trinajstić information content (AvgIpc) is 4.34. The molecule has 0 N–H and O–H groups in total. The molecule has 0 amide bonds. The Kier molecular flexibility index (Phi) is 8.49. The molecule has 1 radical (unpaired) electrons. The molecule has 0 fully saturated rings. The Hall–Kier alpha value is -9.65. The van der Waals surface area contributed by atoms with Gasteiger partial charge in [-0.25, -0.2) is 0 Å². The minimum absolute atomic E-state index is 0.249. The van der Waals surface area contributed by atoms with Crippen molar-refractivity contribution in [2.24, 2.45) is 7.05 Å². The van der Waals surface area contributed by atoms with Crippen LogP contribution in [0.15, 0.2) is 233 Å². The SMILES string of the molecule is CN(c1ccccc1)c1c2c(cc3oc4ccccc4c13)-c1cccc3c4ccccc4n(c13)B2c1ccc2c(c1)[B]c1c(-c3cccc4c5ccccc5n(C)c34)cc3oc4ccccc4c3c1N2c1ccccc1. The predicted molar refractivity (Wildman–Crippen MR) is 320 cm³/mol. The lowest BCUT2D eigenvalue weighted by molar-refractivity contribution is 0.669. The summed E-state index contributed by atoms with van der Waals surface area (Å²) in [4.78, 5) is 4.89. The quantitative estimate of drug-likeness (QED) is 0.161. The van der Waals surface area contributed by atoms with Crippen LogP contribution in [0.4, 0.5) is 28.4 Å². The maximum Gasteiger partial charge on any atom is 0.330 e. The number of para-hydroxylation sites is 8. The standard InChI is InChI=1S/C68H43B2N4O2/c1-71(41-19-5-3-6-20-41)68-62-50-26-12-16-34-58(50)76-60(62)39-52-48-30-18-28-46-44-24-10-14-32-55(44)74(66(46)48)70(64(52)68)40-35-36-56-53(37-40)69-63-51(47-29-17-27-45-43-23-9-13-31-54(43)72(2)65(45)47)38-59-61(49-25-11-15-33-57(49)75-59)67(63)73(56)42-21-7-4-8-22-42/h3-39H,1-2H3. The summed E-state index contributed by atoms with van der Waals surface area (Å²) in [7, 11) is 6.89. The van der Waals surface area contributed by atoms with Gasteiger partial charge in [-0.3, -0.25) is 0 Å². The predicted octanol–water partition coefficient (Wildman–Crippen LogP) is 14.7. The Morgan fingerprint density at radius 1 is 0.461 bits per heavy atom. The highest BCUT2D eigenvalue weighted by Gasteiger charge is 2.40. The lowest BCUT2D eigenvalue weighted by Crippen LogP contribution is -2.54. The molecule has 8 heteroatoms. The number of benzene rings is 11. The topological polar surface area (TPSA) is 42.6 Å². The Bertz CT molecular complexity index is 4970. The molecular formula is C68H43B2N4O2. The lowest BCUT2D eigenvalue weighted by atomic mass is 9.45. The van der Waals surface area contributed by atoms with Gasteiger partial charge in [-0.1, -0.05) is 169 Å². The minimum Gasteiger partial charge on any atom is -0.456 e. The fourth-order valence-corrected chi connectivity index (χ4v) is 13.6. The molecule has 17 rings (SSSR count). The monoisotopic (exact) mass is 969 g/mol. The zero-order valence-electron chi connectivity index (χ0n) is 41.6. The van der Waals surface area contributed by atoms with Crippen LogP contribution in [0.25, 0.3) is 110 Å². The maximum atomic E-state index is 6.92. The van der Waals surface area contributed by atoms with E-state index in [9.17, 15) is 0 Å². The van der Waals surface area contributed by atoms with Gasteiger partial charge in [-0.2, -0.15) is 0 Å². The summed E-state index contributed by atoms with van der Waals surface area (Å²) in [6, 6.07) is 81.8. The largest absolute Gasteiger partial charge is 0.456 e. The van der Waals surface area contributed by atoms with Crippen LogP contribution in [0.5, 0.6) is 0 Å². The van der Waals surface area contributed by atoms with Gasteiger partial charge in [0.2, 0.25) is 0 Å². The van der Waals surface area contributed by atoms with E-state index in [4.69, 9.17) is 8.83 Å². The lowest BCUT2D eigenvalue weighted by Gasteiger charge is -2.37. The smallest absolute Gasteiger partial charge is 0.330 e. The second-order valence-electron chi connectivity index (χ2n) is 20.6. The summed E-state index contributed by atoms with van der Waals surface area (Å²) >= 11 is 0. The number of aryl methyl sites for hydroxylation is 1. The number of furan rings is 2. The van der Waals surface area contributed by atoms with Crippen LogP contribution in [-0.2, 0) is 7.05 Å². The van der Waals surface area contributed by atoms with E-state index in [1.807, 2.05) is 0 Å². The van der Waals surface area contributed by atoms with Crippen molar-refractivity contribution in [1.82, 2.24) is 9.05 Å². The first-order valence-electron chi connectivity index (χ1n) is 26.1. The highest BCUT2D eigenvalue weighted by atomic mass is 16.3. The van der Waals surface area contributed by atoms with Crippen LogP contribution in [0.3, 0.4) is 0 Å². The van der Waals surface area contributed by atoms with E-state index in [1.165, 1.54) is 65.7 Å². The highest BCUT2D eigenvalue weighted by molar-refractivity contribution is 6.89. The fraction of sp³-hybridized carbons (Fsp3) is 0.0294. The summed E-state index contributed by atoms with van der Waals surface area (Å²) < 4.78 is 18.8. The number of aromatic nitrogens is 2. The minimum atomic E-state index is -0.249. The van der Waals surface area contributed by atoms with E-state index in [0.29, 0.717) is 0 Å². The van der Waals surface area contributed by atoms with E-state index >= 15 is 0 Å². The van der Waals surface area contributed by atoms with E-state index < -0.39 is 0 Å². The number of rotatable bonds is 5. The summed E-state index contributed by atoms with van der Waals surface area (Å²) in [5.41, 5.74) is 23.1. The van der Waals surface area contributed by atoms with E-state index in [-0.39, 0.29) is 6.85 Å². The molecule has 6 nitrogen and oxygen atoms in total. The van der Waals surface area contributed by atoms with Gasteiger partial charge in [0.25, 0.3) is 0 Å². The number of fused-ring (bicyclic) bond motifs is 17. The molecule has 0 saturated heterocycles. The molecule has 0 atom stereocenters. The molecule has 76 heavy (non-hydrogen) atoms. The van der Waals surface area contributed by atoms with Crippen LogP contribution in [-0.4, -0.2) is 30.2 Å². The molecule has 0 bridgehead atoms.